The molecular weight excluding hydrogens is 232 g/mol. The average Bonchev–Trinajstić information content (AvgIpc) is 2.77. The molecule has 1 heterocycles. The van der Waals surface area contributed by atoms with Crippen LogP contribution >= 0.6 is 0 Å². The second-order valence-corrected chi connectivity index (χ2v) is 3.22. The van der Waals surface area contributed by atoms with Crippen LogP contribution in [0.4, 0.5) is 20.2 Å². The topological polar surface area (TPSA) is 81.2 Å². The normalized spacial score (nSPS) is 10.2. The lowest BCUT2D eigenvalue weighted by Crippen LogP contribution is -2.12. The van der Waals surface area contributed by atoms with E-state index in [9.17, 15) is 13.6 Å². The number of amides is 1. The van der Waals surface area contributed by atoms with Gasteiger partial charge in [0, 0.05) is 5.56 Å². The molecule has 3 N–H and O–H groups in total. The number of nitrogens with two attached hydrogens (primary N) is 1. The molecule has 1 aromatic carbocycles. The molecule has 17 heavy (non-hydrogen) atoms. The summed E-state index contributed by atoms with van der Waals surface area (Å²) in [4.78, 5) is 11.6. The van der Waals surface area contributed by atoms with Gasteiger partial charge >= 0.3 is 0 Å². The van der Waals surface area contributed by atoms with Gasteiger partial charge in [-0.3, -0.25) is 4.79 Å². The Hall–Kier alpha value is -2.44. The lowest BCUT2D eigenvalue weighted by Gasteiger charge is -2.04. The van der Waals surface area contributed by atoms with Crippen LogP contribution in [-0.4, -0.2) is 11.1 Å². The average molecular weight is 239 g/mol. The van der Waals surface area contributed by atoms with Crippen LogP contribution in [0.3, 0.4) is 0 Å². The summed E-state index contributed by atoms with van der Waals surface area (Å²) in [5.74, 6) is -2.66. The lowest BCUT2D eigenvalue weighted by molar-refractivity contribution is 0.102. The molecule has 88 valence electrons. The van der Waals surface area contributed by atoms with Crippen LogP contribution < -0.4 is 11.1 Å². The van der Waals surface area contributed by atoms with Crippen molar-refractivity contribution in [2.45, 2.75) is 0 Å². The molecule has 2 aromatic rings. The predicted octanol–water partition coefficient (Wildman–Crippen LogP) is 1.79. The number of anilines is 2. The quantitative estimate of drug-likeness (QED) is 0.783. The van der Waals surface area contributed by atoms with Gasteiger partial charge in [0.15, 0.2) is 0 Å². The molecule has 0 atom stereocenters. The monoisotopic (exact) mass is 239 g/mol. The Kier molecular flexibility index (Phi) is 2.73. The lowest BCUT2D eigenvalue weighted by atomic mass is 10.1. The van der Waals surface area contributed by atoms with E-state index in [1.165, 1.54) is 12.5 Å². The van der Waals surface area contributed by atoms with E-state index < -0.39 is 23.2 Å². The summed E-state index contributed by atoms with van der Waals surface area (Å²) in [5, 5.41) is 5.70. The van der Waals surface area contributed by atoms with Crippen molar-refractivity contribution in [3.63, 3.8) is 0 Å². The Labute approximate surface area is 94.2 Å². The number of nitrogens with one attached hydrogen (secondary N) is 1. The van der Waals surface area contributed by atoms with Gasteiger partial charge in [-0.1, -0.05) is 5.16 Å². The second-order valence-electron chi connectivity index (χ2n) is 3.22. The summed E-state index contributed by atoms with van der Waals surface area (Å²) >= 11 is 0. The van der Waals surface area contributed by atoms with Gasteiger partial charge in [-0.2, -0.15) is 0 Å². The van der Waals surface area contributed by atoms with Crippen molar-refractivity contribution in [3.05, 3.63) is 41.8 Å². The molecule has 0 aliphatic carbocycles. The zero-order valence-electron chi connectivity index (χ0n) is 8.41. The molecule has 0 aliphatic heterocycles. The molecule has 0 bridgehead atoms. The van der Waals surface area contributed by atoms with Crippen LogP contribution in [0.2, 0.25) is 0 Å². The number of halogens is 2. The minimum atomic E-state index is -0.986. The zero-order valence-corrected chi connectivity index (χ0v) is 8.41. The molecule has 0 aliphatic rings. The first-order valence-corrected chi connectivity index (χ1v) is 4.53. The number of aromatic nitrogens is 1. The number of benzene rings is 1. The Bertz CT molecular complexity index is 532. The van der Waals surface area contributed by atoms with E-state index in [0.717, 1.165) is 12.1 Å². The highest BCUT2D eigenvalue weighted by Crippen LogP contribution is 2.18. The molecule has 1 amide bonds. The van der Waals surface area contributed by atoms with E-state index in [1.54, 1.807) is 0 Å². The van der Waals surface area contributed by atoms with E-state index in [4.69, 9.17) is 5.73 Å². The predicted molar refractivity (Wildman–Crippen MR) is 55.2 cm³/mol. The fourth-order valence-electron chi connectivity index (χ4n) is 1.19. The standard InChI is InChI=1S/C10H7F2N3O2/c11-7-1-5(2-8(12)9(7)13)10(16)15-6-3-14-17-4-6/h1-4H,13H2,(H,15,16). The van der Waals surface area contributed by atoms with Crippen LogP contribution in [0.1, 0.15) is 10.4 Å². The molecule has 1 aromatic heterocycles. The second kappa shape index (κ2) is 4.20. The van der Waals surface area contributed by atoms with Crippen LogP contribution in [0.5, 0.6) is 0 Å². The first-order valence-electron chi connectivity index (χ1n) is 4.53. The van der Waals surface area contributed by atoms with Gasteiger partial charge in [0.25, 0.3) is 5.91 Å². The fourth-order valence-corrected chi connectivity index (χ4v) is 1.19. The number of hydrogen-bond acceptors (Lipinski definition) is 4. The zero-order chi connectivity index (χ0) is 12.4. The van der Waals surface area contributed by atoms with Crippen LogP contribution in [0.15, 0.2) is 29.1 Å². The Morgan fingerprint density at radius 2 is 2.00 bits per heavy atom. The molecule has 2 rings (SSSR count). The highest BCUT2D eigenvalue weighted by Gasteiger charge is 2.13. The van der Waals surface area contributed by atoms with Crippen molar-refractivity contribution < 1.29 is 18.1 Å². The molecule has 0 unspecified atom stereocenters. The van der Waals surface area contributed by atoms with Gasteiger partial charge in [0.05, 0.1) is 6.20 Å². The fraction of sp³-hybridized carbons (Fsp3) is 0. The molecule has 0 spiro atoms. The van der Waals surface area contributed by atoms with Crippen LogP contribution in [0.25, 0.3) is 0 Å². The highest BCUT2D eigenvalue weighted by molar-refractivity contribution is 6.04. The summed E-state index contributed by atoms with van der Waals surface area (Å²) in [6.45, 7) is 0. The van der Waals surface area contributed by atoms with E-state index in [0.29, 0.717) is 0 Å². The van der Waals surface area contributed by atoms with E-state index in [-0.39, 0.29) is 11.3 Å². The molecule has 0 radical (unpaired) electrons. The molecule has 5 nitrogen and oxygen atoms in total. The van der Waals surface area contributed by atoms with Crippen molar-refractivity contribution >= 4 is 17.3 Å². The first kappa shape index (κ1) is 11.1. The largest absolute Gasteiger partial charge is 0.394 e. The first-order chi connectivity index (χ1) is 8.08. The van der Waals surface area contributed by atoms with Gasteiger partial charge in [-0.25, -0.2) is 8.78 Å². The smallest absolute Gasteiger partial charge is 0.256 e. The van der Waals surface area contributed by atoms with Crippen molar-refractivity contribution in [3.8, 4) is 0 Å². The summed E-state index contributed by atoms with van der Waals surface area (Å²) in [6.07, 6.45) is 2.43. The number of nitrogens with zero attached hydrogens (tertiary/aromatic N) is 1. The van der Waals surface area contributed by atoms with Gasteiger partial charge in [-0.15, -0.1) is 0 Å². The van der Waals surface area contributed by atoms with Crippen LogP contribution in [-0.2, 0) is 0 Å². The Morgan fingerprint density at radius 1 is 1.35 bits per heavy atom. The minimum Gasteiger partial charge on any atom is -0.394 e. The highest BCUT2D eigenvalue weighted by atomic mass is 19.1. The third-order valence-corrected chi connectivity index (χ3v) is 2.03. The number of nitrogen functional groups attached to an aromatic ring is 1. The number of carbonyl (C=O) groups is 1. The summed E-state index contributed by atoms with van der Waals surface area (Å²) in [7, 11) is 0. The summed E-state index contributed by atoms with van der Waals surface area (Å²) in [5.41, 5.74) is 4.56. The Balaban J connectivity index is 2.26. The molecule has 0 fully saturated rings. The van der Waals surface area contributed by atoms with Crippen molar-refractivity contribution in [1.29, 1.82) is 0 Å². The van der Waals surface area contributed by atoms with E-state index in [1.807, 2.05) is 0 Å². The minimum absolute atomic E-state index is 0.185. The number of carbonyl (C=O) groups excluding carboxylic acids is 1. The van der Waals surface area contributed by atoms with E-state index in [2.05, 4.69) is 15.0 Å². The summed E-state index contributed by atoms with van der Waals surface area (Å²) < 4.78 is 30.7. The maximum absolute atomic E-state index is 13.1. The SMILES string of the molecule is Nc1c(F)cc(C(=O)Nc2cnoc2)cc1F. The third-order valence-electron chi connectivity index (χ3n) is 2.03. The van der Waals surface area contributed by atoms with Crippen molar-refractivity contribution in [2.24, 2.45) is 0 Å². The van der Waals surface area contributed by atoms with Gasteiger partial charge in [0.2, 0.25) is 0 Å². The van der Waals surface area contributed by atoms with Crippen molar-refractivity contribution in [2.75, 3.05) is 11.1 Å². The summed E-state index contributed by atoms with van der Waals surface area (Å²) in [6, 6.07) is 1.70. The number of rotatable bonds is 2. The van der Waals surface area contributed by atoms with Gasteiger partial charge in [0.1, 0.15) is 29.3 Å². The van der Waals surface area contributed by atoms with Crippen LogP contribution in [0, 0.1) is 11.6 Å². The third kappa shape index (κ3) is 2.22. The molecule has 0 saturated heterocycles. The van der Waals surface area contributed by atoms with Gasteiger partial charge < -0.3 is 15.6 Å². The number of hydrogen-bond donors (Lipinski definition) is 2. The molecule has 7 heteroatoms. The van der Waals surface area contributed by atoms with Gasteiger partial charge in [-0.05, 0) is 12.1 Å². The molecule has 0 saturated carbocycles. The van der Waals surface area contributed by atoms with Crippen molar-refractivity contribution in [1.82, 2.24) is 5.16 Å². The molecular formula is C10H7F2N3O2. The maximum atomic E-state index is 13.1. The van der Waals surface area contributed by atoms with E-state index >= 15 is 0 Å². The Morgan fingerprint density at radius 3 is 2.53 bits per heavy atom. The maximum Gasteiger partial charge on any atom is 0.256 e.